The number of para-hydroxylation sites is 1. The van der Waals surface area contributed by atoms with Crippen LogP contribution in [0.15, 0.2) is 24.3 Å². The van der Waals surface area contributed by atoms with Crippen LogP contribution >= 0.6 is 7.82 Å². The van der Waals surface area contributed by atoms with E-state index in [1.807, 2.05) is 12.1 Å². The first-order chi connectivity index (χ1) is 9.53. The molecular formula is C10H13N4O5P. The van der Waals surface area contributed by atoms with E-state index in [0.717, 1.165) is 5.06 Å². The highest BCUT2D eigenvalue weighted by Gasteiger charge is 2.33. The smallest absolute Gasteiger partial charge is 0.373 e. The van der Waals surface area contributed by atoms with Crippen LogP contribution in [0.25, 0.3) is 11.0 Å². The number of rotatable bonds is 4. The van der Waals surface area contributed by atoms with Gasteiger partial charge < -0.3 is 14.6 Å². The highest BCUT2D eigenvalue weighted by Crippen LogP contribution is 2.39. The topological polar surface area (TPSA) is 110 Å². The highest BCUT2D eigenvalue weighted by atomic mass is 31.2. The fraction of sp³-hybridized carbons (Fsp3) is 0.400. The summed E-state index contributed by atoms with van der Waals surface area (Å²) in [5.74, 6) is 0. The van der Waals surface area contributed by atoms with Crippen molar-refractivity contribution < 1.29 is 23.8 Å². The molecule has 1 unspecified atom stereocenters. The van der Waals surface area contributed by atoms with Crippen LogP contribution < -0.4 is 4.84 Å². The molecule has 0 bridgehead atoms. The van der Waals surface area contributed by atoms with Crippen LogP contribution in [0.5, 0.6) is 0 Å². The number of aromatic nitrogens is 3. The summed E-state index contributed by atoms with van der Waals surface area (Å²) in [7, 11) is -4.59. The van der Waals surface area contributed by atoms with Crippen LogP contribution in [-0.2, 0) is 9.19 Å². The second-order valence-corrected chi connectivity index (χ2v) is 5.51. The van der Waals surface area contributed by atoms with E-state index < -0.39 is 14.1 Å². The molecule has 3 rings (SSSR count). The average molecular weight is 300 g/mol. The minimum Gasteiger partial charge on any atom is -0.373 e. The van der Waals surface area contributed by atoms with Crippen molar-refractivity contribution >= 4 is 18.9 Å². The molecule has 1 aliphatic heterocycles. The normalized spacial score (nSPS) is 20.6. The SMILES string of the molecule is O=P(O)(O)ON1CCCC1On1nnc2ccccc21. The Bertz CT molecular complexity index is 656. The van der Waals surface area contributed by atoms with Gasteiger partial charge in [0, 0.05) is 13.0 Å². The van der Waals surface area contributed by atoms with Crippen molar-refractivity contribution in [2.75, 3.05) is 6.54 Å². The van der Waals surface area contributed by atoms with E-state index in [9.17, 15) is 4.57 Å². The van der Waals surface area contributed by atoms with Gasteiger partial charge in [-0.25, -0.2) is 4.57 Å². The number of nitrogens with zero attached hydrogens (tertiary/aromatic N) is 4. The van der Waals surface area contributed by atoms with Gasteiger partial charge in [0.25, 0.3) is 0 Å². The molecule has 1 aliphatic rings. The third-order valence-corrected chi connectivity index (χ3v) is 3.33. The molecule has 0 spiro atoms. The lowest BCUT2D eigenvalue weighted by molar-refractivity contribution is -0.186. The van der Waals surface area contributed by atoms with Crippen molar-refractivity contribution in [1.82, 2.24) is 20.2 Å². The zero-order chi connectivity index (χ0) is 14.2. The van der Waals surface area contributed by atoms with Gasteiger partial charge in [-0.05, 0) is 23.8 Å². The molecule has 1 fully saturated rings. The highest BCUT2D eigenvalue weighted by molar-refractivity contribution is 7.46. The van der Waals surface area contributed by atoms with Gasteiger partial charge in [0.15, 0.2) is 0 Å². The fourth-order valence-corrected chi connectivity index (χ4v) is 2.55. The molecule has 1 aromatic heterocycles. The summed E-state index contributed by atoms with van der Waals surface area (Å²) in [6.07, 6.45) is 0.665. The van der Waals surface area contributed by atoms with Gasteiger partial charge in [-0.3, -0.25) is 0 Å². The van der Waals surface area contributed by atoms with Gasteiger partial charge in [-0.15, -0.1) is 10.2 Å². The Balaban J connectivity index is 1.78. The first kappa shape index (κ1) is 13.5. The Kier molecular flexibility index (Phi) is 3.45. The van der Waals surface area contributed by atoms with Crippen molar-refractivity contribution in [3.05, 3.63) is 24.3 Å². The summed E-state index contributed by atoms with van der Waals surface area (Å²) in [5, 5.41) is 8.93. The molecule has 2 aromatic rings. The largest absolute Gasteiger partial charge is 0.486 e. The van der Waals surface area contributed by atoms with Crippen LogP contribution in [0, 0.1) is 0 Å². The molecule has 10 heteroatoms. The maximum absolute atomic E-state index is 10.9. The predicted octanol–water partition coefficient (Wildman–Crippen LogP) is 0.306. The van der Waals surface area contributed by atoms with E-state index >= 15 is 0 Å². The first-order valence-corrected chi connectivity index (χ1v) is 7.55. The zero-order valence-corrected chi connectivity index (χ0v) is 11.3. The molecule has 0 amide bonds. The Hall–Kier alpha value is -1.51. The van der Waals surface area contributed by atoms with Crippen LogP contribution in [-0.4, -0.2) is 42.8 Å². The van der Waals surface area contributed by atoms with Gasteiger partial charge in [0.05, 0.1) is 0 Å². The molecular weight excluding hydrogens is 287 g/mol. The van der Waals surface area contributed by atoms with E-state index in [4.69, 9.17) is 14.6 Å². The van der Waals surface area contributed by atoms with Gasteiger partial charge in [0.2, 0.25) is 6.23 Å². The minimum absolute atomic E-state index is 0.377. The summed E-state index contributed by atoms with van der Waals surface area (Å²) in [6, 6.07) is 7.24. The molecule has 108 valence electrons. The van der Waals surface area contributed by atoms with Crippen molar-refractivity contribution in [1.29, 1.82) is 0 Å². The van der Waals surface area contributed by atoms with Gasteiger partial charge in [0.1, 0.15) is 11.0 Å². The Morgan fingerprint density at radius 3 is 2.95 bits per heavy atom. The van der Waals surface area contributed by atoms with Crippen molar-refractivity contribution in [2.24, 2.45) is 0 Å². The quantitative estimate of drug-likeness (QED) is 0.776. The lowest BCUT2D eigenvalue weighted by atomic mass is 10.3. The summed E-state index contributed by atoms with van der Waals surface area (Å²) in [5.41, 5.74) is 1.35. The molecule has 0 aliphatic carbocycles. The first-order valence-electron chi connectivity index (χ1n) is 6.02. The third kappa shape index (κ3) is 2.82. The van der Waals surface area contributed by atoms with Gasteiger partial charge in [-0.2, -0.15) is 4.62 Å². The number of hydroxylamine groups is 2. The maximum Gasteiger partial charge on any atom is 0.486 e. The molecule has 0 saturated carbocycles. The summed E-state index contributed by atoms with van der Waals surface area (Å²) in [4.78, 5) is 24.5. The Morgan fingerprint density at radius 2 is 2.15 bits per heavy atom. The van der Waals surface area contributed by atoms with Crippen LogP contribution in [0.2, 0.25) is 0 Å². The molecule has 0 radical (unpaired) electrons. The third-order valence-electron chi connectivity index (χ3n) is 2.91. The number of fused-ring (bicyclic) bond motifs is 1. The van der Waals surface area contributed by atoms with E-state index in [1.165, 1.54) is 4.85 Å². The monoisotopic (exact) mass is 300 g/mol. The molecule has 9 nitrogen and oxygen atoms in total. The molecule has 2 heterocycles. The van der Waals surface area contributed by atoms with Crippen molar-refractivity contribution in [3.8, 4) is 0 Å². The molecule has 1 aromatic carbocycles. The summed E-state index contributed by atoms with van der Waals surface area (Å²) < 4.78 is 15.5. The van der Waals surface area contributed by atoms with E-state index in [2.05, 4.69) is 14.9 Å². The van der Waals surface area contributed by atoms with Crippen LogP contribution in [0.3, 0.4) is 0 Å². The maximum atomic E-state index is 10.9. The summed E-state index contributed by atoms with van der Waals surface area (Å²) in [6.45, 7) is 0.377. The predicted molar refractivity (Wildman–Crippen MR) is 67.0 cm³/mol. The molecule has 2 N–H and O–H groups in total. The molecule has 1 atom stereocenters. The van der Waals surface area contributed by atoms with Crippen molar-refractivity contribution in [2.45, 2.75) is 19.1 Å². The molecule has 20 heavy (non-hydrogen) atoms. The Labute approximate surface area is 113 Å². The van der Waals surface area contributed by atoms with Crippen molar-refractivity contribution in [3.63, 3.8) is 0 Å². The number of hydrogen-bond acceptors (Lipinski definition) is 6. The number of phosphoric acid groups is 1. The number of benzene rings is 1. The van der Waals surface area contributed by atoms with E-state index in [-0.39, 0.29) is 0 Å². The van der Waals surface area contributed by atoms with Crippen LogP contribution in [0.1, 0.15) is 12.8 Å². The average Bonchev–Trinajstić information content (AvgIpc) is 2.97. The van der Waals surface area contributed by atoms with Gasteiger partial charge in [-0.1, -0.05) is 17.0 Å². The molecule has 1 saturated heterocycles. The lowest BCUT2D eigenvalue weighted by Gasteiger charge is -2.23. The summed E-state index contributed by atoms with van der Waals surface area (Å²) >= 11 is 0. The lowest BCUT2D eigenvalue weighted by Crippen LogP contribution is -2.37. The second kappa shape index (κ2) is 5.12. The van der Waals surface area contributed by atoms with E-state index in [1.54, 1.807) is 12.1 Å². The van der Waals surface area contributed by atoms with Crippen LogP contribution in [0.4, 0.5) is 0 Å². The second-order valence-electron chi connectivity index (χ2n) is 4.37. The van der Waals surface area contributed by atoms with E-state index in [0.29, 0.717) is 30.4 Å². The number of hydrogen-bond donors (Lipinski definition) is 2. The van der Waals surface area contributed by atoms with Gasteiger partial charge >= 0.3 is 7.82 Å². The zero-order valence-electron chi connectivity index (χ0n) is 10.4. The standard InChI is InChI=1S/C10H13N4O5P/c15-20(16,17)19-13-7-3-6-10(13)18-14-9-5-2-1-4-8(9)11-12-14/h1-2,4-5,10H,3,6-7H2,(H2,15,16,17). The fourth-order valence-electron chi connectivity index (χ4n) is 2.09. The minimum atomic E-state index is -4.59. The Morgan fingerprint density at radius 1 is 1.35 bits per heavy atom.